The number of ether oxygens (including phenoxy) is 1. The molecule has 1 amide bonds. The van der Waals surface area contributed by atoms with E-state index in [1.54, 1.807) is 19.4 Å². The number of rotatable bonds is 8. The molecular formula is C27H31N7O3. The zero-order chi connectivity index (χ0) is 25.8. The largest absolute Gasteiger partial charge is 0.383 e. The van der Waals surface area contributed by atoms with Crippen LogP contribution in [0.5, 0.6) is 0 Å². The maximum absolute atomic E-state index is 13.2. The van der Waals surface area contributed by atoms with E-state index in [0.717, 1.165) is 61.6 Å². The summed E-state index contributed by atoms with van der Waals surface area (Å²) in [5.41, 5.74) is 4.12. The molecule has 0 spiro atoms. The Kier molecular flexibility index (Phi) is 7.20. The van der Waals surface area contributed by atoms with Gasteiger partial charge in [0, 0.05) is 69.0 Å². The minimum Gasteiger partial charge on any atom is -0.383 e. The average molecular weight is 502 g/mol. The van der Waals surface area contributed by atoms with E-state index in [1.165, 1.54) is 6.20 Å². The fraction of sp³-hybridized carbons (Fsp3) is 0.296. The minimum absolute atomic E-state index is 0.00279. The number of H-pyrrole nitrogens is 2. The molecule has 37 heavy (non-hydrogen) atoms. The van der Waals surface area contributed by atoms with Crippen LogP contribution >= 0.6 is 0 Å². The SMILES string of the molecule is COCCN1CCN(c2ccc(NC(=O)c3c(Nc4cnc(C)c5[nH]ccc45)cc[nH]c3=O)cc2)CC1. The van der Waals surface area contributed by atoms with Gasteiger partial charge in [-0.15, -0.1) is 0 Å². The van der Waals surface area contributed by atoms with E-state index in [1.807, 2.05) is 43.5 Å². The van der Waals surface area contributed by atoms with E-state index in [-0.39, 0.29) is 5.56 Å². The second-order valence-electron chi connectivity index (χ2n) is 9.07. The Balaban J connectivity index is 1.29. The molecule has 5 rings (SSSR count). The maximum atomic E-state index is 13.2. The lowest BCUT2D eigenvalue weighted by Crippen LogP contribution is -2.47. The zero-order valence-corrected chi connectivity index (χ0v) is 21.0. The summed E-state index contributed by atoms with van der Waals surface area (Å²) in [5, 5.41) is 7.01. The van der Waals surface area contributed by atoms with Crippen LogP contribution < -0.4 is 21.1 Å². The van der Waals surface area contributed by atoms with Gasteiger partial charge in [0.15, 0.2) is 0 Å². The molecule has 0 saturated carbocycles. The molecule has 1 aliphatic heterocycles. The van der Waals surface area contributed by atoms with Crippen LogP contribution in [0.3, 0.4) is 0 Å². The third kappa shape index (κ3) is 5.35. The summed E-state index contributed by atoms with van der Waals surface area (Å²) in [6.45, 7) is 7.45. The van der Waals surface area contributed by atoms with Crippen molar-refractivity contribution in [3.63, 3.8) is 0 Å². The zero-order valence-electron chi connectivity index (χ0n) is 21.0. The number of hydrogen-bond donors (Lipinski definition) is 4. The number of aryl methyl sites for hydroxylation is 1. The second kappa shape index (κ2) is 10.9. The molecule has 1 aliphatic rings. The highest BCUT2D eigenvalue weighted by Crippen LogP contribution is 2.28. The number of nitrogens with zero attached hydrogens (tertiary/aromatic N) is 3. The van der Waals surface area contributed by atoms with Gasteiger partial charge in [0.05, 0.1) is 35.4 Å². The van der Waals surface area contributed by atoms with Crippen LogP contribution in [0.2, 0.25) is 0 Å². The van der Waals surface area contributed by atoms with Crippen LogP contribution in [-0.2, 0) is 4.74 Å². The van der Waals surface area contributed by atoms with Gasteiger partial charge in [-0.05, 0) is 43.3 Å². The summed E-state index contributed by atoms with van der Waals surface area (Å²) in [6.07, 6.45) is 5.05. The van der Waals surface area contributed by atoms with Crippen molar-refractivity contribution < 1.29 is 9.53 Å². The van der Waals surface area contributed by atoms with Gasteiger partial charge < -0.3 is 30.2 Å². The summed E-state index contributed by atoms with van der Waals surface area (Å²) in [6, 6.07) is 11.3. The lowest BCUT2D eigenvalue weighted by molar-refractivity contribution is 0.102. The topological polar surface area (TPSA) is 118 Å². The Morgan fingerprint density at radius 2 is 1.78 bits per heavy atom. The fourth-order valence-electron chi connectivity index (χ4n) is 4.64. The van der Waals surface area contributed by atoms with E-state index in [2.05, 4.69) is 35.4 Å². The van der Waals surface area contributed by atoms with Gasteiger partial charge in [-0.25, -0.2) is 0 Å². The first-order valence-corrected chi connectivity index (χ1v) is 12.3. The predicted molar refractivity (Wildman–Crippen MR) is 146 cm³/mol. The first-order valence-electron chi connectivity index (χ1n) is 12.3. The van der Waals surface area contributed by atoms with E-state index in [0.29, 0.717) is 17.1 Å². The summed E-state index contributed by atoms with van der Waals surface area (Å²) >= 11 is 0. The normalized spacial score (nSPS) is 14.2. The Morgan fingerprint density at radius 3 is 2.54 bits per heavy atom. The van der Waals surface area contributed by atoms with E-state index in [9.17, 15) is 9.59 Å². The number of anilines is 4. The molecule has 1 aromatic carbocycles. The summed E-state index contributed by atoms with van der Waals surface area (Å²) in [7, 11) is 1.73. The van der Waals surface area contributed by atoms with Gasteiger partial charge in [-0.1, -0.05) is 0 Å². The number of fused-ring (bicyclic) bond motifs is 1. The van der Waals surface area contributed by atoms with Crippen molar-refractivity contribution in [1.82, 2.24) is 19.9 Å². The molecule has 0 atom stereocenters. The second-order valence-corrected chi connectivity index (χ2v) is 9.07. The number of pyridine rings is 2. The molecule has 0 bridgehead atoms. The number of carbonyl (C=O) groups excluding carboxylic acids is 1. The Bertz CT molecular complexity index is 1440. The standard InChI is InChI=1S/C27H31N7O3/c1-18-25-21(7-9-28-25)23(17-30-18)32-22-8-10-29-26(35)24(22)27(36)31-19-3-5-20(6-4-19)34-13-11-33(12-14-34)15-16-37-2/h3-10,17,28H,11-16H2,1-2H3,(H,31,36)(H2,29,32,35). The number of methoxy groups -OCH3 is 1. The highest BCUT2D eigenvalue weighted by molar-refractivity contribution is 6.08. The highest BCUT2D eigenvalue weighted by atomic mass is 16.5. The van der Waals surface area contributed by atoms with Gasteiger partial charge in [-0.3, -0.25) is 19.5 Å². The molecule has 3 aromatic heterocycles. The van der Waals surface area contributed by atoms with Crippen LogP contribution in [0.4, 0.5) is 22.7 Å². The lowest BCUT2D eigenvalue weighted by Gasteiger charge is -2.36. The van der Waals surface area contributed by atoms with Crippen molar-refractivity contribution in [2.24, 2.45) is 0 Å². The van der Waals surface area contributed by atoms with Gasteiger partial charge >= 0.3 is 0 Å². The van der Waals surface area contributed by atoms with Crippen molar-refractivity contribution in [2.75, 3.05) is 62.0 Å². The molecule has 192 valence electrons. The minimum atomic E-state index is -0.491. The van der Waals surface area contributed by atoms with Crippen LogP contribution in [0.15, 0.2) is 59.8 Å². The number of piperazine rings is 1. The number of nitrogens with one attached hydrogen (secondary N) is 4. The number of amides is 1. The first-order chi connectivity index (χ1) is 18.0. The highest BCUT2D eigenvalue weighted by Gasteiger charge is 2.19. The van der Waals surface area contributed by atoms with E-state index < -0.39 is 11.5 Å². The molecule has 4 heterocycles. The summed E-state index contributed by atoms with van der Waals surface area (Å²) < 4.78 is 5.18. The van der Waals surface area contributed by atoms with Crippen molar-refractivity contribution in [2.45, 2.75) is 6.92 Å². The summed E-state index contributed by atoms with van der Waals surface area (Å²) in [4.78, 5) is 40.8. The van der Waals surface area contributed by atoms with Gasteiger partial charge in [0.1, 0.15) is 5.56 Å². The van der Waals surface area contributed by atoms with Crippen LogP contribution in [-0.4, -0.2) is 72.2 Å². The first kappa shape index (κ1) is 24.5. The van der Waals surface area contributed by atoms with E-state index in [4.69, 9.17) is 4.74 Å². The van der Waals surface area contributed by atoms with E-state index >= 15 is 0 Å². The van der Waals surface area contributed by atoms with Gasteiger partial charge in [0.25, 0.3) is 11.5 Å². The monoisotopic (exact) mass is 501 g/mol. The van der Waals surface area contributed by atoms with Crippen LogP contribution in [0, 0.1) is 6.92 Å². The smallest absolute Gasteiger partial charge is 0.263 e. The molecule has 4 aromatic rings. The van der Waals surface area contributed by atoms with Crippen molar-refractivity contribution >= 4 is 39.6 Å². The van der Waals surface area contributed by atoms with Crippen LogP contribution in [0.1, 0.15) is 16.1 Å². The number of aromatic amines is 2. The van der Waals surface area contributed by atoms with Crippen LogP contribution in [0.25, 0.3) is 10.9 Å². The Labute approximate surface area is 214 Å². The number of aromatic nitrogens is 3. The van der Waals surface area contributed by atoms with Crippen molar-refractivity contribution in [3.8, 4) is 0 Å². The summed E-state index contributed by atoms with van der Waals surface area (Å²) in [5.74, 6) is -0.491. The molecule has 1 fully saturated rings. The molecular weight excluding hydrogens is 470 g/mol. The number of hydrogen-bond acceptors (Lipinski definition) is 7. The Morgan fingerprint density at radius 1 is 1.03 bits per heavy atom. The maximum Gasteiger partial charge on any atom is 0.263 e. The third-order valence-corrected chi connectivity index (χ3v) is 6.72. The molecule has 10 nitrogen and oxygen atoms in total. The average Bonchev–Trinajstić information content (AvgIpc) is 3.41. The molecule has 4 N–H and O–H groups in total. The van der Waals surface area contributed by atoms with Crippen molar-refractivity contribution in [3.05, 3.63) is 76.6 Å². The quantitative estimate of drug-likeness (QED) is 0.292. The predicted octanol–water partition coefficient (Wildman–Crippen LogP) is 3.32. The number of benzene rings is 1. The van der Waals surface area contributed by atoms with Gasteiger partial charge in [0.2, 0.25) is 0 Å². The molecule has 0 radical (unpaired) electrons. The fourth-order valence-corrected chi connectivity index (χ4v) is 4.64. The molecule has 0 unspecified atom stereocenters. The lowest BCUT2D eigenvalue weighted by atomic mass is 10.1. The molecule has 1 saturated heterocycles. The van der Waals surface area contributed by atoms with Crippen molar-refractivity contribution in [1.29, 1.82) is 0 Å². The molecule has 10 heteroatoms. The number of carbonyl (C=O) groups is 1. The molecule has 0 aliphatic carbocycles. The van der Waals surface area contributed by atoms with Gasteiger partial charge in [-0.2, -0.15) is 0 Å². The Hall–Kier alpha value is -4.15. The third-order valence-electron chi connectivity index (χ3n) is 6.72.